The zero-order valence-corrected chi connectivity index (χ0v) is 20.2. The van der Waals surface area contributed by atoms with Crippen LogP contribution in [0.2, 0.25) is 12.6 Å². The Kier molecular flexibility index (Phi) is 13.2. The average Bonchev–Trinajstić information content (AvgIpc) is 2.53. The molecule has 158 valence electrons. The summed E-state index contributed by atoms with van der Waals surface area (Å²) in [6.45, 7) is 5.69. The van der Waals surface area contributed by atoms with Gasteiger partial charge in [-0.1, -0.05) is 0 Å². The Morgan fingerprint density at radius 2 is 0.962 bits per heavy atom. The van der Waals surface area contributed by atoms with Gasteiger partial charge in [0.25, 0.3) is 0 Å². The minimum atomic E-state index is -2.11. The lowest BCUT2D eigenvalue weighted by molar-refractivity contribution is 0.166. The van der Waals surface area contributed by atoms with E-state index < -0.39 is 8.56 Å². The van der Waals surface area contributed by atoms with Gasteiger partial charge in [-0.15, -0.1) is 0 Å². The van der Waals surface area contributed by atoms with E-state index in [1.165, 1.54) is 38.5 Å². The molecule has 0 aromatic carbocycles. The highest BCUT2D eigenvalue weighted by molar-refractivity contribution is 6.66. The molecule has 0 heterocycles. The van der Waals surface area contributed by atoms with Gasteiger partial charge in [-0.2, -0.15) is 0 Å². The largest absolute Gasteiger partial charge is 0.398 e. The molecule has 0 aromatic heterocycles. The standard InChI is InChI=1S/C20H47N3O2Si/c1-21(2)16-10-13-20(14-11-17-22(3)4,15-12-18-23(5)6)19-26(9,24-7)25-8/h10-19H2,1-9H3. The highest BCUT2D eigenvalue weighted by Gasteiger charge is 2.41. The van der Waals surface area contributed by atoms with Gasteiger partial charge in [0.05, 0.1) is 0 Å². The van der Waals surface area contributed by atoms with E-state index in [1.807, 2.05) is 14.2 Å². The lowest BCUT2D eigenvalue weighted by Gasteiger charge is -2.40. The fourth-order valence-electron chi connectivity index (χ4n) is 3.86. The molecule has 0 aliphatic heterocycles. The number of nitrogens with zero attached hydrogens (tertiary/aromatic N) is 3. The van der Waals surface area contributed by atoms with E-state index in [1.54, 1.807) is 0 Å². The Balaban J connectivity index is 5.26. The van der Waals surface area contributed by atoms with Crippen molar-refractivity contribution in [3.63, 3.8) is 0 Å². The Morgan fingerprint density at radius 3 is 1.19 bits per heavy atom. The molecule has 0 spiro atoms. The summed E-state index contributed by atoms with van der Waals surface area (Å²) in [5.41, 5.74) is 0.328. The van der Waals surface area contributed by atoms with Crippen molar-refractivity contribution in [1.29, 1.82) is 0 Å². The molecule has 0 aliphatic rings. The zero-order chi connectivity index (χ0) is 20.2. The van der Waals surface area contributed by atoms with Crippen LogP contribution in [-0.2, 0) is 8.85 Å². The van der Waals surface area contributed by atoms with Gasteiger partial charge in [-0.25, -0.2) is 0 Å². The molecule has 6 heteroatoms. The van der Waals surface area contributed by atoms with Gasteiger partial charge in [0.1, 0.15) is 0 Å². The SMILES string of the molecule is CO[Si](C)(CC(CCCN(C)C)(CCCN(C)C)CCCN(C)C)OC. The van der Waals surface area contributed by atoms with Crippen LogP contribution >= 0.6 is 0 Å². The third-order valence-corrected chi connectivity index (χ3v) is 8.62. The van der Waals surface area contributed by atoms with Crippen LogP contribution in [0, 0.1) is 5.41 Å². The van der Waals surface area contributed by atoms with Crippen molar-refractivity contribution in [1.82, 2.24) is 14.7 Å². The molecule has 0 aromatic rings. The van der Waals surface area contributed by atoms with Crippen molar-refractivity contribution in [2.24, 2.45) is 5.41 Å². The molecule has 0 saturated heterocycles. The van der Waals surface area contributed by atoms with Crippen molar-refractivity contribution in [2.75, 3.05) is 76.1 Å². The third kappa shape index (κ3) is 11.7. The summed E-state index contributed by atoms with van der Waals surface area (Å²) in [5.74, 6) is 0. The predicted octanol–water partition coefficient (Wildman–Crippen LogP) is 3.36. The van der Waals surface area contributed by atoms with Crippen LogP contribution in [0.15, 0.2) is 0 Å². The maximum Gasteiger partial charge on any atom is 0.334 e. The Labute approximate surface area is 165 Å². The predicted molar refractivity (Wildman–Crippen MR) is 116 cm³/mol. The molecule has 0 amide bonds. The first-order valence-electron chi connectivity index (χ1n) is 10.1. The van der Waals surface area contributed by atoms with Crippen LogP contribution in [0.1, 0.15) is 38.5 Å². The Hall–Kier alpha value is 0.0169. The summed E-state index contributed by atoms with van der Waals surface area (Å²) < 4.78 is 11.8. The smallest absolute Gasteiger partial charge is 0.334 e. The molecule has 0 unspecified atom stereocenters. The zero-order valence-electron chi connectivity index (χ0n) is 19.2. The molecule has 5 nitrogen and oxygen atoms in total. The molecule has 0 saturated carbocycles. The van der Waals surface area contributed by atoms with Crippen molar-refractivity contribution in [3.8, 4) is 0 Å². The van der Waals surface area contributed by atoms with Gasteiger partial charge in [-0.05, 0) is 118 Å². The number of rotatable bonds is 16. The second-order valence-corrected chi connectivity index (χ2v) is 12.4. The Morgan fingerprint density at radius 1 is 0.654 bits per heavy atom. The van der Waals surface area contributed by atoms with Gasteiger partial charge < -0.3 is 23.6 Å². The van der Waals surface area contributed by atoms with Crippen LogP contribution in [0.25, 0.3) is 0 Å². The summed E-state index contributed by atoms with van der Waals surface area (Å²) in [6, 6.07) is 1.10. The molecule has 0 N–H and O–H groups in total. The van der Waals surface area contributed by atoms with Crippen molar-refractivity contribution < 1.29 is 8.85 Å². The first-order chi connectivity index (χ1) is 12.1. The minimum Gasteiger partial charge on any atom is -0.398 e. The van der Waals surface area contributed by atoms with Crippen LogP contribution in [-0.4, -0.2) is 99.4 Å². The Bertz CT molecular complexity index is 312. The van der Waals surface area contributed by atoms with E-state index in [2.05, 4.69) is 63.5 Å². The molecule has 0 atom stereocenters. The van der Waals surface area contributed by atoms with Crippen LogP contribution < -0.4 is 0 Å². The van der Waals surface area contributed by atoms with Gasteiger partial charge in [0.15, 0.2) is 0 Å². The summed E-state index contributed by atoms with van der Waals surface area (Å²) in [6.07, 6.45) is 7.53. The second kappa shape index (κ2) is 13.2. The monoisotopic (exact) mass is 389 g/mol. The molecule has 0 rings (SSSR count). The van der Waals surface area contributed by atoms with E-state index in [0.717, 1.165) is 25.7 Å². The van der Waals surface area contributed by atoms with Gasteiger partial charge >= 0.3 is 8.56 Å². The quantitative estimate of drug-likeness (QED) is 0.377. The average molecular weight is 390 g/mol. The van der Waals surface area contributed by atoms with E-state index in [4.69, 9.17) is 8.85 Å². The van der Waals surface area contributed by atoms with E-state index in [-0.39, 0.29) is 0 Å². The number of hydrogen-bond acceptors (Lipinski definition) is 5. The summed E-state index contributed by atoms with van der Waals surface area (Å²) in [5, 5.41) is 0. The second-order valence-electron chi connectivity index (χ2n) is 8.94. The highest BCUT2D eigenvalue weighted by Crippen LogP contribution is 2.43. The van der Waals surface area contributed by atoms with Crippen LogP contribution in [0.4, 0.5) is 0 Å². The van der Waals surface area contributed by atoms with Crippen molar-refractivity contribution in [2.45, 2.75) is 51.1 Å². The molecular weight excluding hydrogens is 342 g/mol. The van der Waals surface area contributed by atoms with Crippen molar-refractivity contribution >= 4 is 8.56 Å². The van der Waals surface area contributed by atoms with E-state index >= 15 is 0 Å². The maximum atomic E-state index is 5.91. The number of hydrogen-bond donors (Lipinski definition) is 0. The normalized spacial score (nSPS) is 13.4. The topological polar surface area (TPSA) is 28.2 Å². The van der Waals surface area contributed by atoms with Gasteiger partial charge in [-0.3, -0.25) is 0 Å². The summed E-state index contributed by atoms with van der Waals surface area (Å²) in [7, 11) is 14.6. The van der Waals surface area contributed by atoms with Crippen LogP contribution in [0.3, 0.4) is 0 Å². The third-order valence-electron chi connectivity index (χ3n) is 5.50. The molecular formula is C20H47N3O2Si. The lowest BCUT2D eigenvalue weighted by atomic mass is 9.76. The molecule has 0 bridgehead atoms. The van der Waals surface area contributed by atoms with Gasteiger partial charge in [0, 0.05) is 14.2 Å². The molecule has 0 aliphatic carbocycles. The van der Waals surface area contributed by atoms with E-state index in [0.29, 0.717) is 5.41 Å². The molecule has 0 radical (unpaired) electrons. The first kappa shape index (κ1) is 26.0. The summed E-state index contributed by atoms with van der Waals surface area (Å²) >= 11 is 0. The first-order valence-corrected chi connectivity index (χ1v) is 12.6. The fourth-order valence-corrected chi connectivity index (χ4v) is 6.21. The molecule has 0 fully saturated rings. The van der Waals surface area contributed by atoms with E-state index in [9.17, 15) is 0 Å². The summed E-state index contributed by atoms with van der Waals surface area (Å²) in [4.78, 5) is 6.90. The molecule has 26 heavy (non-hydrogen) atoms. The maximum absolute atomic E-state index is 5.91. The fraction of sp³-hybridized carbons (Fsp3) is 1.00. The highest BCUT2D eigenvalue weighted by atomic mass is 28.4. The lowest BCUT2D eigenvalue weighted by Crippen LogP contribution is -2.43. The van der Waals surface area contributed by atoms with Crippen molar-refractivity contribution in [3.05, 3.63) is 0 Å². The minimum absolute atomic E-state index is 0.328. The van der Waals surface area contributed by atoms with Crippen LogP contribution in [0.5, 0.6) is 0 Å². The van der Waals surface area contributed by atoms with Gasteiger partial charge in [0.2, 0.25) is 0 Å².